The van der Waals surface area contributed by atoms with Crippen LogP contribution in [0.25, 0.3) is 11.4 Å². The summed E-state index contributed by atoms with van der Waals surface area (Å²) in [6.45, 7) is 4.39. The van der Waals surface area contributed by atoms with Crippen molar-refractivity contribution in [2.24, 2.45) is 0 Å². The number of aromatic nitrogens is 2. The van der Waals surface area contributed by atoms with E-state index in [1.807, 2.05) is 38.1 Å². The normalized spacial score (nSPS) is 10.2. The van der Waals surface area contributed by atoms with Crippen LogP contribution in [0, 0.1) is 6.92 Å². The second-order valence-corrected chi connectivity index (χ2v) is 3.67. The fraction of sp³-hybridized carbons (Fsp3) is 0.231. The van der Waals surface area contributed by atoms with Crippen molar-refractivity contribution < 1.29 is 9.53 Å². The quantitative estimate of drug-likeness (QED) is 0.821. The monoisotopic (exact) mass is 230 g/mol. The molecule has 0 saturated carbocycles. The molecular weight excluding hydrogens is 216 g/mol. The van der Waals surface area contributed by atoms with E-state index in [-0.39, 0.29) is 0 Å². The van der Waals surface area contributed by atoms with Crippen LogP contribution in [0.4, 0.5) is 0 Å². The molecule has 0 aliphatic heterocycles. The van der Waals surface area contributed by atoms with Gasteiger partial charge in [-0.3, -0.25) is 4.79 Å². The molecular formula is C13H14N2O2. The minimum absolute atomic E-state index is 0.446. The smallest absolute Gasteiger partial charge is 0.170 e. The Hall–Kier alpha value is -2.10. The van der Waals surface area contributed by atoms with E-state index in [2.05, 4.69) is 9.97 Å². The molecule has 1 N–H and O–H groups in total. The van der Waals surface area contributed by atoms with E-state index in [0.29, 0.717) is 18.1 Å². The molecule has 1 aromatic heterocycles. The summed E-state index contributed by atoms with van der Waals surface area (Å²) in [7, 11) is 0. The summed E-state index contributed by atoms with van der Waals surface area (Å²) in [4.78, 5) is 18.0. The van der Waals surface area contributed by atoms with Gasteiger partial charge in [0.25, 0.3) is 0 Å². The first-order valence-electron chi connectivity index (χ1n) is 5.49. The van der Waals surface area contributed by atoms with Gasteiger partial charge in [0.1, 0.15) is 17.3 Å². The van der Waals surface area contributed by atoms with Crippen LogP contribution in [0.2, 0.25) is 0 Å². The number of aldehydes is 1. The van der Waals surface area contributed by atoms with Gasteiger partial charge in [-0.1, -0.05) is 12.1 Å². The molecule has 0 spiro atoms. The molecule has 0 amide bonds. The fourth-order valence-corrected chi connectivity index (χ4v) is 1.63. The molecule has 0 aliphatic rings. The lowest BCUT2D eigenvalue weighted by Crippen LogP contribution is -1.91. The highest BCUT2D eigenvalue weighted by molar-refractivity contribution is 5.75. The summed E-state index contributed by atoms with van der Waals surface area (Å²) in [5.41, 5.74) is 2.13. The summed E-state index contributed by atoms with van der Waals surface area (Å²) in [5, 5.41) is 0. The number of benzene rings is 1. The maximum atomic E-state index is 10.7. The molecule has 1 aromatic carbocycles. The van der Waals surface area contributed by atoms with Crippen molar-refractivity contribution in [3.63, 3.8) is 0 Å². The second kappa shape index (κ2) is 4.82. The topological polar surface area (TPSA) is 55.0 Å². The highest BCUT2D eigenvalue weighted by atomic mass is 16.5. The van der Waals surface area contributed by atoms with Crippen LogP contribution >= 0.6 is 0 Å². The number of nitrogens with zero attached hydrogens (tertiary/aromatic N) is 1. The molecule has 2 aromatic rings. The average molecular weight is 230 g/mol. The van der Waals surface area contributed by atoms with Crippen LogP contribution in [-0.2, 0) is 0 Å². The minimum Gasteiger partial charge on any atom is -0.494 e. The van der Waals surface area contributed by atoms with Gasteiger partial charge in [0.05, 0.1) is 6.61 Å². The van der Waals surface area contributed by atoms with Gasteiger partial charge < -0.3 is 9.72 Å². The maximum Gasteiger partial charge on any atom is 0.170 e. The zero-order chi connectivity index (χ0) is 12.3. The highest BCUT2D eigenvalue weighted by Gasteiger charge is 2.08. The van der Waals surface area contributed by atoms with Crippen LogP contribution in [0.3, 0.4) is 0 Å². The molecule has 17 heavy (non-hydrogen) atoms. The van der Waals surface area contributed by atoms with Crippen LogP contribution in [-0.4, -0.2) is 22.9 Å². The van der Waals surface area contributed by atoms with Crippen LogP contribution in [0.1, 0.15) is 23.1 Å². The molecule has 0 atom stereocenters. The van der Waals surface area contributed by atoms with Crippen molar-refractivity contribution >= 4 is 6.29 Å². The zero-order valence-electron chi connectivity index (χ0n) is 9.86. The molecule has 4 heteroatoms. The summed E-state index contributed by atoms with van der Waals surface area (Å²) < 4.78 is 5.42. The molecule has 0 radical (unpaired) electrons. The SMILES string of the molecule is CCOc1cccc(-c2nc(C=O)c(C)[nH]2)c1. The summed E-state index contributed by atoms with van der Waals surface area (Å²) in [6.07, 6.45) is 0.752. The number of hydrogen-bond donors (Lipinski definition) is 1. The Morgan fingerprint density at radius 3 is 2.94 bits per heavy atom. The molecule has 1 heterocycles. The Balaban J connectivity index is 2.38. The molecule has 88 valence electrons. The van der Waals surface area contributed by atoms with Crippen molar-refractivity contribution in [1.82, 2.24) is 9.97 Å². The Kier molecular flexibility index (Phi) is 3.23. The van der Waals surface area contributed by atoms with Crippen molar-refractivity contribution in [3.8, 4) is 17.1 Å². The van der Waals surface area contributed by atoms with Crippen molar-refractivity contribution in [1.29, 1.82) is 0 Å². The van der Waals surface area contributed by atoms with E-state index in [1.54, 1.807) is 0 Å². The number of aryl methyl sites for hydroxylation is 1. The van der Waals surface area contributed by atoms with Crippen LogP contribution in [0.15, 0.2) is 24.3 Å². The number of carbonyl (C=O) groups is 1. The highest BCUT2D eigenvalue weighted by Crippen LogP contribution is 2.22. The average Bonchev–Trinajstić information content (AvgIpc) is 2.71. The van der Waals surface area contributed by atoms with Crippen molar-refractivity contribution in [3.05, 3.63) is 35.7 Å². The van der Waals surface area contributed by atoms with Gasteiger partial charge in [-0.15, -0.1) is 0 Å². The third-order valence-electron chi connectivity index (χ3n) is 2.45. The number of H-pyrrole nitrogens is 1. The van der Waals surface area contributed by atoms with E-state index in [9.17, 15) is 4.79 Å². The first-order chi connectivity index (χ1) is 8.24. The molecule has 0 fully saturated rings. The number of imidazole rings is 1. The van der Waals surface area contributed by atoms with E-state index in [0.717, 1.165) is 23.3 Å². The third kappa shape index (κ3) is 2.36. The second-order valence-electron chi connectivity index (χ2n) is 3.67. The number of nitrogens with one attached hydrogen (secondary N) is 1. The van der Waals surface area contributed by atoms with E-state index in [4.69, 9.17) is 4.74 Å². The zero-order valence-corrected chi connectivity index (χ0v) is 9.86. The molecule has 4 nitrogen and oxygen atoms in total. The predicted octanol–water partition coefficient (Wildman–Crippen LogP) is 2.60. The summed E-state index contributed by atoms with van der Waals surface area (Å²) in [6, 6.07) is 7.62. The van der Waals surface area contributed by atoms with Crippen molar-refractivity contribution in [2.45, 2.75) is 13.8 Å². The standard InChI is InChI=1S/C13H14N2O2/c1-3-17-11-6-4-5-10(7-11)13-14-9(2)12(8-16)15-13/h4-8H,3H2,1-2H3,(H,14,15). The number of aromatic amines is 1. The Labute approximate surface area is 99.7 Å². The fourth-order valence-electron chi connectivity index (χ4n) is 1.63. The number of hydrogen-bond acceptors (Lipinski definition) is 3. The predicted molar refractivity (Wildman–Crippen MR) is 65.3 cm³/mol. The Morgan fingerprint density at radius 1 is 1.47 bits per heavy atom. The van der Waals surface area contributed by atoms with E-state index in [1.165, 1.54) is 0 Å². The lowest BCUT2D eigenvalue weighted by atomic mass is 10.2. The molecule has 0 saturated heterocycles. The summed E-state index contributed by atoms with van der Waals surface area (Å²) in [5.74, 6) is 1.48. The Morgan fingerprint density at radius 2 is 2.29 bits per heavy atom. The van der Waals surface area contributed by atoms with Gasteiger partial charge in [0.2, 0.25) is 0 Å². The van der Waals surface area contributed by atoms with Gasteiger partial charge in [0, 0.05) is 11.3 Å². The summed E-state index contributed by atoms with van der Waals surface area (Å²) >= 11 is 0. The van der Waals surface area contributed by atoms with E-state index >= 15 is 0 Å². The molecule has 0 unspecified atom stereocenters. The Bertz CT molecular complexity index is 532. The number of rotatable bonds is 4. The first-order valence-corrected chi connectivity index (χ1v) is 5.49. The van der Waals surface area contributed by atoms with Gasteiger partial charge in [0.15, 0.2) is 6.29 Å². The largest absolute Gasteiger partial charge is 0.494 e. The third-order valence-corrected chi connectivity index (χ3v) is 2.45. The van der Waals surface area contributed by atoms with Gasteiger partial charge in [-0.25, -0.2) is 4.98 Å². The van der Waals surface area contributed by atoms with Gasteiger partial charge in [-0.2, -0.15) is 0 Å². The lowest BCUT2D eigenvalue weighted by molar-refractivity contribution is 0.111. The van der Waals surface area contributed by atoms with Crippen LogP contribution in [0.5, 0.6) is 5.75 Å². The van der Waals surface area contributed by atoms with Gasteiger partial charge in [-0.05, 0) is 26.0 Å². The van der Waals surface area contributed by atoms with Crippen LogP contribution < -0.4 is 4.74 Å². The van der Waals surface area contributed by atoms with E-state index < -0.39 is 0 Å². The number of carbonyl (C=O) groups excluding carboxylic acids is 1. The lowest BCUT2D eigenvalue weighted by Gasteiger charge is -2.03. The van der Waals surface area contributed by atoms with Gasteiger partial charge >= 0.3 is 0 Å². The molecule has 0 aliphatic carbocycles. The molecule has 0 bridgehead atoms. The number of ether oxygens (including phenoxy) is 1. The first kappa shape index (κ1) is 11.4. The molecule has 2 rings (SSSR count). The minimum atomic E-state index is 0.446. The maximum absolute atomic E-state index is 10.7. The van der Waals surface area contributed by atoms with Crippen molar-refractivity contribution in [2.75, 3.05) is 6.61 Å².